The van der Waals surface area contributed by atoms with Gasteiger partial charge in [-0.3, -0.25) is 9.69 Å². The minimum atomic E-state index is -0.0917. The van der Waals surface area contributed by atoms with Crippen LogP contribution >= 0.6 is 35.0 Å². The smallest absolute Gasteiger partial charge is 0.266 e. The van der Waals surface area contributed by atoms with Gasteiger partial charge in [-0.2, -0.15) is 5.26 Å². The second kappa shape index (κ2) is 11.7. The molecular weight excluding hydrogens is 513 g/mol. The number of aliphatic imine (C=N–C) groups is 1. The number of amidine groups is 1. The number of benzene rings is 3. The first-order valence-corrected chi connectivity index (χ1v) is 12.9. The fourth-order valence-electron chi connectivity index (χ4n) is 3.53. The summed E-state index contributed by atoms with van der Waals surface area (Å²) in [6, 6.07) is 22.0. The number of thioether (sulfide) groups is 1. The van der Waals surface area contributed by atoms with Crippen molar-refractivity contribution in [3.05, 3.63) is 98.4 Å². The van der Waals surface area contributed by atoms with Crippen molar-refractivity contribution in [1.82, 2.24) is 4.90 Å². The van der Waals surface area contributed by atoms with Crippen LogP contribution in [0, 0.1) is 17.2 Å². The third kappa shape index (κ3) is 6.30. The van der Waals surface area contributed by atoms with Crippen molar-refractivity contribution < 1.29 is 9.53 Å². The summed E-state index contributed by atoms with van der Waals surface area (Å²) in [6.45, 7) is 4.92. The highest BCUT2D eigenvalue weighted by Crippen LogP contribution is 2.36. The summed E-state index contributed by atoms with van der Waals surface area (Å²) >= 11 is 13.8. The van der Waals surface area contributed by atoms with Gasteiger partial charge in [-0.05, 0) is 71.8 Å². The molecule has 3 aromatic rings. The third-order valence-electron chi connectivity index (χ3n) is 5.26. The molecule has 0 unspecified atom stereocenters. The molecule has 0 spiro atoms. The number of carbonyl (C=O) groups is 1. The molecule has 1 aliphatic heterocycles. The number of rotatable bonds is 7. The maximum atomic E-state index is 13.2. The fraction of sp³-hybridized carbons (Fsp3) is 0.179. The van der Waals surface area contributed by atoms with Crippen molar-refractivity contribution in [2.75, 3.05) is 6.54 Å². The molecule has 1 saturated heterocycles. The SMILES string of the molecule is CC(C)CN1C(=O)/C(=C/c2ccc(OCc3ccccc3C#N)c(Cl)c2)SC1=Nc1ccc(Cl)cc1. The van der Waals surface area contributed by atoms with Gasteiger partial charge >= 0.3 is 0 Å². The van der Waals surface area contributed by atoms with E-state index >= 15 is 0 Å². The third-order valence-corrected chi connectivity index (χ3v) is 6.82. The van der Waals surface area contributed by atoms with E-state index in [2.05, 4.69) is 19.9 Å². The van der Waals surface area contributed by atoms with E-state index in [1.54, 1.807) is 35.2 Å². The van der Waals surface area contributed by atoms with Gasteiger partial charge in [0.2, 0.25) is 0 Å². The molecule has 0 atom stereocenters. The molecule has 0 saturated carbocycles. The molecule has 0 bridgehead atoms. The first kappa shape index (κ1) is 25.8. The molecule has 1 fully saturated rings. The molecule has 4 rings (SSSR count). The van der Waals surface area contributed by atoms with E-state index in [4.69, 9.17) is 32.9 Å². The summed E-state index contributed by atoms with van der Waals surface area (Å²) in [6.07, 6.45) is 1.81. The van der Waals surface area contributed by atoms with E-state index in [9.17, 15) is 10.1 Å². The second-order valence-electron chi connectivity index (χ2n) is 8.54. The molecular formula is C28H23Cl2N3O2S. The van der Waals surface area contributed by atoms with Crippen molar-refractivity contribution in [3.8, 4) is 11.8 Å². The van der Waals surface area contributed by atoms with E-state index in [0.717, 1.165) is 16.8 Å². The topological polar surface area (TPSA) is 65.7 Å². The lowest BCUT2D eigenvalue weighted by Gasteiger charge is -2.17. The van der Waals surface area contributed by atoms with Crippen LogP contribution in [0.3, 0.4) is 0 Å². The predicted molar refractivity (Wildman–Crippen MR) is 148 cm³/mol. The van der Waals surface area contributed by atoms with Crippen LogP contribution in [0.4, 0.5) is 5.69 Å². The number of carbonyl (C=O) groups excluding carboxylic acids is 1. The Labute approximate surface area is 225 Å². The summed E-state index contributed by atoms with van der Waals surface area (Å²) in [5.74, 6) is 0.690. The zero-order valence-corrected chi connectivity index (χ0v) is 22.1. The molecule has 5 nitrogen and oxygen atoms in total. The van der Waals surface area contributed by atoms with Gasteiger partial charge in [0.25, 0.3) is 5.91 Å². The number of amides is 1. The molecule has 3 aromatic carbocycles. The lowest BCUT2D eigenvalue weighted by atomic mass is 10.1. The summed E-state index contributed by atoms with van der Waals surface area (Å²) in [4.78, 5) is 20.2. The Balaban J connectivity index is 1.54. The van der Waals surface area contributed by atoms with Crippen molar-refractivity contribution >= 4 is 57.8 Å². The number of nitriles is 1. The van der Waals surface area contributed by atoms with Gasteiger partial charge in [0, 0.05) is 17.1 Å². The molecule has 36 heavy (non-hydrogen) atoms. The van der Waals surface area contributed by atoms with Gasteiger partial charge in [0.05, 0.1) is 27.2 Å². The average molecular weight is 536 g/mol. The first-order chi connectivity index (χ1) is 17.3. The minimum absolute atomic E-state index is 0.0917. The summed E-state index contributed by atoms with van der Waals surface area (Å²) in [7, 11) is 0. The minimum Gasteiger partial charge on any atom is -0.487 e. The maximum absolute atomic E-state index is 13.2. The van der Waals surface area contributed by atoms with Crippen LogP contribution in [0.5, 0.6) is 5.75 Å². The van der Waals surface area contributed by atoms with Crippen LogP contribution in [0.25, 0.3) is 6.08 Å². The summed E-state index contributed by atoms with van der Waals surface area (Å²) in [5.41, 5.74) is 2.85. The van der Waals surface area contributed by atoms with Crippen molar-refractivity contribution in [2.24, 2.45) is 10.9 Å². The predicted octanol–water partition coefficient (Wildman–Crippen LogP) is 7.70. The Bertz CT molecular complexity index is 1380. The van der Waals surface area contributed by atoms with Gasteiger partial charge < -0.3 is 4.74 Å². The first-order valence-electron chi connectivity index (χ1n) is 11.3. The van der Waals surface area contributed by atoms with Gasteiger partial charge in [-0.25, -0.2) is 4.99 Å². The van der Waals surface area contributed by atoms with Gasteiger partial charge in [0.1, 0.15) is 12.4 Å². The molecule has 1 aliphatic rings. The van der Waals surface area contributed by atoms with E-state index < -0.39 is 0 Å². The molecule has 182 valence electrons. The Kier molecular flexibility index (Phi) is 8.37. The Morgan fingerprint density at radius 1 is 1.11 bits per heavy atom. The molecule has 1 heterocycles. The van der Waals surface area contributed by atoms with Crippen LogP contribution in [0.15, 0.2) is 76.6 Å². The normalized spacial score (nSPS) is 15.7. The quantitative estimate of drug-likeness (QED) is 0.290. The van der Waals surface area contributed by atoms with Crippen LogP contribution in [0.2, 0.25) is 10.0 Å². The standard InChI is InChI=1S/C28H23Cl2N3O2S/c1-18(2)16-33-27(34)26(36-28(33)32-23-10-8-22(29)9-11-23)14-19-7-12-25(24(30)13-19)35-17-21-6-4-3-5-20(21)15-31/h3-14,18H,16-17H2,1-2H3/b26-14-,32-28?. The zero-order valence-electron chi connectivity index (χ0n) is 19.7. The lowest BCUT2D eigenvalue weighted by Crippen LogP contribution is -2.32. The number of hydrogen-bond acceptors (Lipinski definition) is 5. The second-order valence-corrected chi connectivity index (χ2v) is 10.4. The Morgan fingerprint density at radius 2 is 1.86 bits per heavy atom. The largest absolute Gasteiger partial charge is 0.487 e. The molecule has 1 amide bonds. The van der Waals surface area contributed by atoms with Crippen molar-refractivity contribution in [1.29, 1.82) is 5.26 Å². The summed E-state index contributed by atoms with van der Waals surface area (Å²) < 4.78 is 5.85. The number of nitrogens with zero attached hydrogens (tertiary/aromatic N) is 3. The van der Waals surface area contributed by atoms with Crippen molar-refractivity contribution in [3.63, 3.8) is 0 Å². The van der Waals surface area contributed by atoms with Gasteiger partial charge in [-0.1, -0.05) is 61.3 Å². The van der Waals surface area contributed by atoms with Crippen LogP contribution < -0.4 is 4.74 Å². The highest BCUT2D eigenvalue weighted by Gasteiger charge is 2.33. The fourth-order valence-corrected chi connectivity index (χ4v) is 4.91. The molecule has 0 radical (unpaired) electrons. The van der Waals surface area contributed by atoms with Crippen LogP contribution in [-0.4, -0.2) is 22.5 Å². The van der Waals surface area contributed by atoms with Crippen LogP contribution in [-0.2, 0) is 11.4 Å². The Morgan fingerprint density at radius 3 is 2.56 bits per heavy atom. The summed E-state index contributed by atoms with van der Waals surface area (Å²) in [5, 5.41) is 10.9. The monoisotopic (exact) mass is 535 g/mol. The average Bonchev–Trinajstić information content (AvgIpc) is 3.13. The lowest BCUT2D eigenvalue weighted by molar-refractivity contribution is -0.122. The molecule has 0 aliphatic carbocycles. The van der Waals surface area contributed by atoms with Gasteiger partial charge in [0.15, 0.2) is 5.17 Å². The van der Waals surface area contributed by atoms with Crippen LogP contribution in [0.1, 0.15) is 30.5 Å². The van der Waals surface area contributed by atoms with Gasteiger partial charge in [-0.15, -0.1) is 0 Å². The van der Waals surface area contributed by atoms with E-state index in [1.165, 1.54) is 11.8 Å². The molecule has 8 heteroatoms. The van der Waals surface area contributed by atoms with E-state index in [-0.39, 0.29) is 18.4 Å². The van der Waals surface area contributed by atoms with E-state index in [1.807, 2.05) is 42.5 Å². The number of ether oxygens (including phenoxy) is 1. The number of hydrogen-bond donors (Lipinski definition) is 0. The maximum Gasteiger partial charge on any atom is 0.266 e. The molecule has 0 aromatic heterocycles. The highest BCUT2D eigenvalue weighted by atomic mass is 35.5. The zero-order chi connectivity index (χ0) is 25.7. The molecule has 0 N–H and O–H groups in total. The van der Waals surface area contributed by atoms with Crippen molar-refractivity contribution in [2.45, 2.75) is 20.5 Å². The number of halogens is 2. The van der Waals surface area contributed by atoms with E-state index in [0.29, 0.717) is 38.0 Å². The Hall–Kier alpha value is -3.24. The highest BCUT2D eigenvalue weighted by molar-refractivity contribution is 8.18.